The molecule has 0 aromatic heterocycles. The summed E-state index contributed by atoms with van der Waals surface area (Å²) in [4.78, 5) is 22.4. The van der Waals surface area contributed by atoms with Crippen LogP contribution in [0, 0.1) is 22.9 Å². The largest absolute Gasteiger partial charge is 0.294 e. The summed E-state index contributed by atoms with van der Waals surface area (Å²) in [5.74, 6) is -0.592. The highest BCUT2D eigenvalue weighted by Gasteiger charge is 2.15. The zero-order chi connectivity index (χ0) is 14.7. The Kier molecular flexibility index (Phi) is 3.89. The fourth-order valence-electron chi connectivity index (χ4n) is 1.91. The van der Waals surface area contributed by atoms with Gasteiger partial charge in [0.25, 0.3) is 5.69 Å². The van der Waals surface area contributed by atoms with Crippen LogP contribution < -0.4 is 0 Å². The molecule has 0 heterocycles. The number of aryl methyl sites for hydroxylation is 1. The second-order valence-corrected chi connectivity index (χ2v) is 4.48. The van der Waals surface area contributed by atoms with Crippen molar-refractivity contribution >= 4 is 11.5 Å². The van der Waals surface area contributed by atoms with Crippen molar-refractivity contribution in [2.45, 2.75) is 13.3 Å². The average Bonchev–Trinajstić information content (AvgIpc) is 2.41. The first kappa shape index (κ1) is 13.9. The quantitative estimate of drug-likeness (QED) is 0.487. The molecule has 0 unspecified atom stereocenters. The van der Waals surface area contributed by atoms with Crippen LogP contribution in [0.15, 0.2) is 42.5 Å². The molecule has 20 heavy (non-hydrogen) atoms. The van der Waals surface area contributed by atoms with E-state index in [9.17, 15) is 19.3 Å². The topological polar surface area (TPSA) is 60.2 Å². The van der Waals surface area contributed by atoms with Gasteiger partial charge in [0.05, 0.1) is 4.92 Å². The zero-order valence-corrected chi connectivity index (χ0v) is 10.8. The fraction of sp³-hybridized carbons (Fsp3) is 0.133. The van der Waals surface area contributed by atoms with E-state index in [2.05, 4.69) is 0 Å². The Morgan fingerprint density at radius 1 is 1.20 bits per heavy atom. The van der Waals surface area contributed by atoms with Crippen molar-refractivity contribution in [3.05, 3.63) is 75.1 Å². The first-order chi connectivity index (χ1) is 9.47. The highest BCUT2D eigenvalue weighted by Crippen LogP contribution is 2.19. The van der Waals surface area contributed by atoms with Crippen molar-refractivity contribution in [2.75, 3.05) is 0 Å². The monoisotopic (exact) mass is 273 g/mol. The van der Waals surface area contributed by atoms with Gasteiger partial charge in [0, 0.05) is 24.1 Å². The first-order valence-corrected chi connectivity index (χ1v) is 6.00. The molecule has 0 amide bonds. The second kappa shape index (κ2) is 5.61. The molecule has 0 bridgehead atoms. The minimum absolute atomic E-state index is 0.0856. The van der Waals surface area contributed by atoms with Crippen molar-refractivity contribution in [1.29, 1.82) is 0 Å². The van der Waals surface area contributed by atoms with Gasteiger partial charge in [-0.2, -0.15) is 0 Å². The molecule has 2 aromatic rings. The maximum atomic E-state index is 12.8. The van der Waals surface area contributed by atoms with Crippen LogP contribution in [0.1, 0.15) is 21.5 Å². The van der Waals surface area contributed by atoms with Crippen LogP contribution in [0.3, 0.4) is 0 Å². The van der Waals surface area contributed by atoms with Crippen molar-refractivity contribution < 1.29 is 14.1 Å². The van der Waals surface area contributed by atoms with E-state index in [-0.39, 0.29) is 23.7 Å². The van der Waals surface area contributed by atoms with E-state index >= 15 is 0 Å². The molecule has 0 spiro atoms. The number of nitro groups is 1. The number of rotatable bonds is 4. The molecule has 4 nitrogen and oxygen atoms in total. The average molecular weight is 273 g/mol. The highest BCUT2D eigenvalue weighted by molar-refractivity contribution is 5.99. The molecule has 0 aliphatic heterocycles. The predicted octanol–water partition coefficient (Wildman–Crippen LogP) is 3.47. The Hall–Kier alpha value is -2.56. The number of hydrogen-bond donors (Lipinski definition) is 0. The van der Waals surface area contributed by atoms with Gasteiger partial charge in [0.2, 0.25) is 0 Å². The molecule has 0 aliphatic carbocycles. The van der Waals surface area contributed by atoms with Gasteiger partial charge in [-0.3, -0.25) is 14.9 Å². The van der Waals surface area contributed by atoms with Crippen LogP contribution in [0.4, 0.5) is 10.1 Å². The molecule has 2 aromatic carbocycles. The summed E-state index contributed by atoms with van der Waals surface area (Å²) in [5, 5.41) is 10.7. The Labute approximate surface area is 115 Å². The molecule has 0 saturated heterocycles. The van der Waals surface area contributed by atoms with Gasteiger partial charge in [0.15, 0.2) is 5.78 Å². The maximum absolute atomic E-state index is 12.8. The van der Waals surface area contributed by atoms with E-state index in [1.807, 2.05) is 0 Å². The van der Waals surface area contributed by atoms with Gasteiger partial charge in [0.1, 0.15) is 5.82 Å². The molecule has 0 saturated carbocycles. The fourth-order valence-corrected chi connectivity index (χ4v) is 1.91. The normalized spacial score (nSPS) is 10.3. The van der Waals surface area contributed by atoms with Crippen LogP contribution >= 0.6 is 0 Å². The number of non-ortho nitro benzene ring substituents is 1. The number of ketones is 1. The van der Waals surface area contributed by atoms with E-state index in [0.29, 0.717) is 16.7 Å². The van der Waals surface area contributed by atoms with Gasteiger partial charge in [-0.1, -0.05) is 18.2 Å². The summed E-state index contributed by atoms with van der Waals surface area (Å²) in [7, 11) is 0. The molecule has 0 fully saturated rings. The van der Waals surface area contributed by atoms with Crippen molar-refractivity contribution in [3.8, 4) is 0 Å². The Morgan fingerprint density at radius 2 is 1.85 bits per heavy atom. The number of hydrogen-bond acceptors (Lipinski definition) is 3. The molecular weight excluding hydrogens is 261 g/mol. The summed E-state index contributed by atoms with van der Waals surface area (Å²) < 4.78 is 12.8. The van der Waals surface area contributed by atoms with Crippen molar-refractivity contribution in [1.82, 2.24) is 0 Å². The first-order valence-electron chi connectivity index (χ1n) is 6.00. The van der Waals surface area contributed by atoms with Crippen LogP contribution in [0.2, 0.25) is 0 Å². The summed E-state index contributed by atoms with van der Waals surface area (Å²) in [6.45, 7) is 1.72. The molecular formula is C15H12FNO3. The lowest BCUT2D eigenvalue weighted by molar-refractivity contribution is -0.384. The zero-order valence-electron chi connectivity index (χ0n) is 10.8. The van der Waals surface area contributed by atoms with Gasteiger partial charge in [-0.05, 0) is 30.2 Å². The van der Waals surface area contributed by atoms with E-state index < -0.39 is 4.92 Å². The summed E-state index contributed by atoms with van der Waals surface area (Å²) in [6, 6.07) is 9.81. The van der Waals surface area contributed by atoms with Crippen LogP contribution in [0.5, 0.6) is 0 Å². The number of nitro benzene ring substituents is 1. The van der Waals surface area contributed by atoms with E-state index in [4.69, 9.17) is 0 Å². The highest BCUT2D eigenvalue weighted by atomic mass is 19.1. The summed E-state index contributed by atoms with van der Waals surface area (Å²) in [5.41, 5.74) is 1.56. The standard InChI is InChI=1S/C15H12FNO3/c1-10-2-7-13(17(19)20)9-14(10)15(18)8-11-3-5-12(16)6-4-11/h2-7,9H,8H2,1H3. The Morgan fingerprint density at radius 3 is 2.45 bits per heavy atom. The van der Waals surface area contributed by atoms with Crippen molar-refractivity contribution in [3.63, 3.8) is 0 Å². The SMILES string of the molecule is Cc1ccc([N+](=O)[O-])cc1C(=O)Cc1ccc(F)cc1. The number of carbonyl (C=O) groups is 1. The van der Waals surface area contributed by atoms with Crippen LogP contribution in [-0.2, 0) is 6.42 Å². The van der Waals surface area contributed by atoms with Crippen LogP contribution in [0.25, 0.3) is 0 Å². The Balaban J connectivity index is 2.26. The number of halogens is 1. The third-order valence-electron chi connectivity index (χ3n) is 3.01. The predicted molar refractivity (Wildman–Crippen MR) is 72.3 cm³/mol. The molecule has 2 rings (SSSR count). The third kappa shape index (κ3) is 3.06. The van der Waals surface area contributed by atoms with Gasteiger partial charge >= 0.3 is 0 Å². The minimum atomic E-state index is -0.534. The number of benzene rings is 2. The van der Waals surface area contributed by atoms with Gasteiger partial charge < -0.3 is 0 Å². The van der Waals surface area contributed by atoms with Crippen LogP contribution in [-0.4, -0.2) is 10.7 Å². The molecule has 5 heteroatoms. The van der Waals surface area contributed by atoms with E-state index in [1.165, 1.54) is 36.4 Å². The third-order valence-corrected chi connectivity index (χ3v) is 3.01. The lowest BCUT2D eigenvalue weighted by Gasteiger charge is -2.05. The molecule has 102 valence electrons. The second-order valence-electron chi connectivity index (χ2n) is 4.48. The summed E-state index contributed by atoms with van der Waals surface area (Å²) >= 11 is 0. The number of carbonyl (C=O) groups excluding carboxylic acids is 1. The van der Waals surface area contributed by atoms with Crippen molar-refractivity contribution in [2.24, 2.45) is 0 Å². The number of nitrogens with zero attached hydrogens (tertiary/aromatic N) is 1. The van der Waals surface area contributed by atoms with Gasteiger partial charge in [-0.25, -0.2) is 4.39 Å². The van der Waals surface area contributed by atoms with E-state index in [1.54, 1.807) is 13.0 Å². The summed E-state index contributed by atoms with van der Waals surface area (Å²) in [6.07, 6.45) is 0.0856. The van der Waals surface area contributed by atoms with Gasteiger partial charge in [-0.15, -0.1) is 0 Å². The maximum Gasteiger partial charge on any atom is 0.270 e. The Bertz CT molecular complexity index is 665. The molecule has 0 radical (unpaired) electrons. The number of Topliss-reactive ketones (excluding diaryl/α,β-unsaturated/α-hetero) is 1. The minimum Gasteiger partial charge on any atom is -0.294 e. The molecule has 0 N–H and O–H groups in total. The lowest BCUT2D eigenvalue weighted by atomic mass is 9.98. The molecule has 0 atom stereocenters. The molecule has 0 aliphatic rings. The van der Waals surface area contributed by atoms with E-state index in [0.717, 1.165) is 0 Å². The lowest BCUT2D eigenvalue weighted by Crippen LogP contribution is -2.06. The smallest absolute Gasteiger partial charge is 0.270 e.